The first kappa shape index (κ1) is 15.9. The third-order valence-electron chi connectivity index (χ3n) is 2.46. The fraction of sp³-hybridized carbons (Fsp3) is 0.667. The Kier molecular flexibility index (Phi) is 4.69. The molecule has 20 heavy (non-hydrogen) atoms. The highest BCUT2D eigenvalue weighted by Gasteiger charge is 2.32. The highest BCUT2D eigenvalue weighted by Crippen LogP contribution is 2.09. The summed E-state index contributed by atoms with van der Waals surface area (Å²) in [6, 6.07) is -1.32. The number of carboxylic acids is 1. The molecule has 0 aromatic carbocycles. The van der Waals surface area contributed by atoms with Gasteiger partial charge in [0.25, 0.3) is 0 Å². The fourth-order valence-electron chi connectivity index (χ4n) is 1.66. The van der Waals surface area contributed by atoms with Crippen LogP contribution >= 0.6 is 0 Å². The third-order valence-corrected chi connectivity index (χ3v) is 2.46. The van der Waals surface area contributed by atoms with Gasteiger partial charge in [-0.1, -0.05) is 0 Å². The second-order valence-electron chi connectivity index (χ2n) is 5.53. The van der Waals surface area contributed by atoms with Crippen molar-refractivity contribution in [2.75, 3.05) is 13.1 Å². The number of carboxylic acid groups (broad SMARTS) is 1. The zero-order chi connectivity index (χ0) is 15.5. The van der Waals surface area contributed by atoms with Crippen LogP contribution in [0.5, 0.6) is 0 Å². The van der Waals surface area contributed by atoms with Crippen LogP contribution < -0.4 is 5.32 Å². The van der Waals surface area contributed by atoms with E-state index in [1.165, 1.54) is 0 Å². The smallest absolute Gasteiger partial charge is 0.408 e. The van der Waals surface area contributed by atoms with Crippen LogP contribution in [0.15, 0.2) is 0 Å². The van der Waals surface area contributed by atoms with Crippen molar-refractivity contribution in [3.63, 3.8) is 0 Å². The van der Waals surface area contributed by atoms with E-state index < -0.39 is 29.6 Å². The number of hydrogen-bond acceptors (Lipinski definition) is 5. The van der Waals surface area contributed by atoms with E-state index in [4.69, 9.17) is 9.84 Å². The number of carbonyl (C=O) groups is 4. The molecule has 0 bridgehead atoms. The minimum Gasteiger partial charge on any atom is -0.480 e. The van der Waals surface area contributed by atoms with Gasteiger partial charge in [0.1, 0.15) is 11.6 Å². The molecular weight excluding hydrogens is 268 g/mol. The lowest BCUT2D eigenvalue weighted by Crippen LogP contribution is -2.50. The lowest BCUT2D eigenvalue weighted by Gasteiger charge is -2.24. The predicted molar refractivity (Wildman–Crippen MR) is 67.0 cm³/mol. The number of ether oxygens (including phenoxy) is 1. The molecule has 2 amide bonds. The summed E-state index contributed by atoms with van der Waals surface area (Å²) in [5.41, 5.74) is -0.757. The number of Topliss-reactive ketones (excluding diaryl/α,β-unsaturated/α-hetero) is 1. The van der Waals surface area contributed by atoms with Crippen LogP contribution in [0.4, 0.5) is 4.79 Å². The molecule has 8 nitrogen and oxygen atoms in total. The first-order chi connectivity index (χ1) is 9.08. The number of alkyl carbamates (subject to hydrolysis) is 1. The van der Waals surface area contributed by atoms with Gasteiger partial charge in [0.05, 0.1) is 19.5 Å². The maximum Gasteiger partial charge on any atom is 0.408 e. The maximum atomic E-state index is 11.5. The number of nitrogens with zero attached hydrogens (tertiary/aromatic N) is 1. The second kappa shape index (κ2) is 5.89. The molecule has 1 aliphatic rings. The van der Waals surface area contributed by atoms with Gasteiger partial charge in [0, 0.05) is 0 Å². The van der Waals surface area contributed by atoms with Crippen LogP contribution in [0.1, 0.15) is 27.2 Å². The summed E-state index contributed by atoms with van der Waals surface area (Å²) in [6.45, 7) is 4.54. The van der Waals surface area contributed by atoms with Crippen molar-refractivity contribution >= 4 is 23.8 Å². The molecule has 0 aromatic rings. The molecule has 1 saturated heterocycles. The highest BCUT2D eigenvalue weighted by atomic mass is 16.6. The van der Waals surface area contributed by atoms with Crippen molar-refractivity contribution in [1.82, 2.24) is 10.2 Å². The molecule has 1 rings (SSSR count). The minimum atomic E-state index is -1.32. The van der Waals surface area contributed by atoms with Gasteiger partial charge in [0.15, 0.2) is 5.78 Å². The average Bonchev–Trinajstić information content (AvgIpc) is 2.53. The third kappa shape index (κ3) is 4.87. The SMILES string of the molecule is CC(C)(C)OC(=O)N[C@@H](CN1CC(=O)CC1=O)C(=O)O. The van der Waals surface area contributed by atoms with E-state index in [1.807, 2.05) is 0 Å². The van der Waals surface area contributed by atoms with Crippen LogP contribution in [0.3, 0.4) is 0 Å². The van der Waals surface area contributed by atoms with E-state index in [0.717, 1.165) is 4.90 Å². The fourth-order valence-corrected chi connectivity index (χ4v) is 1.66. The first-order valence-electron chi connectivity index (χ1n) is 6.10. The van der Waals surface area contributed by atoms with Crippen molar-refractivity contribution in [3.05, 3.63) is 0 Å². The molecule has 2 N–H and O–H groups in total. The lowest BCUT2D eigenvalue weighted by atomic mass is 10.2. The summed E-state index contributed by atoms with van der Waals surface area (Å²) in [7, 11) is 0. The van der Waals surface area contributed by atoms with Crippen LogP contribution in [0.2, 0.25) is 0 Å². The number of amides is 2. The van der Waals surface area contributed by atoms with Gasteiger partial charge in [-0.15, -0.1) is 0 Å². The average molecular weight is 286 g/mol. The summed E-state index contributed by atoms with van der Waals surface area (Å²) < 4.78 is 4.95. The Bertz CT molecular complexity index is 440. The van der Waals surface area contributed by atoms with Gasteiger partial charge in [-0.2, -0.15) is 0 Å². The van der Waals surface area contributed by atoms with E-state index in [2.05, 4.69) is 5.32 Å². The molecule has 0 spiro atoms. The summed E-state index contributed by atoms with van der Waals surface area (Å²) in [6.07, 6.45) is -1.11. The highest BCUT2D eigenvalue weighted by molar-refractivity contribution is 6.05. The zero-order valence-electron chi connectivity index (χ0n) is 11.6. The number of rotatable bonds is 4. The molecule has 0 aliphatic carbocycles. The van der Waals surface area contributed by atoms with E-state index in [0.29, 0.717) is 0 Å². The van der Waals surface area contributed by atoms with Crippen LogP contribution in [0.25, 0.3) is 0 Å². The Morgan fingerprint density at radius 1 is 1.40 bits per heavy atom. The topological polar surface area (TPSA) is 113 Å². The van der Waals surface area contributed by atoms with Gasteiger partial charge in [0.2, 0.25) is 5.91 Å². The van der Waals surface area contributed by atoms with Gasteiger partial charge in [-0.05, 0) is 20.8 Å². The predicted octanol–water partition coefficient (Wildman–Crippen LogP) is -0.234. The van der Waals surface area contributed by atoms with E-state index in [9.17, 15) is 19.2 Å². The standard InChI is InChI=1S/C12H18N2O6/c1-12(2,3)20-11(19)13-8(10(17)18)6-14-5-7(15)4-9(14)16/h8H,4-6H2,1-3H3,(H,13,19)(H,17,18)/t8-/m0/s1. The van der Waals surface area contributed by atoms with Gasteiger partial charge in [-0.3, -0.25) is 9.59 Å². The zero-order valence-corrected chi connectivity index (χ0v) is 11.6. The van der Waals surface area contributed by atoms with Crippen LogP contribution in [-0.4, -0.2) is 58.5 Å². The van der Waals surface area contributed by atoms with Crippen molar-refractivity contribution in [2.45, 2.75) is 38.8 Å². The van der Waals surface area contributed by atoms with E-state index in [-0.39, 0.29) is 25.3 Å². The van der Waals surface area contributed by atoms with E-state index >= 15 is 0 Å². The van der Waals surface area contributed by atoms with Gasteiger partial charge >= 0.3 is 12.1 Å². The molecule has 1 atom stereocenters. The Morgan fingerprint density at radius 3 is 2.40 bits per heavy atom. The summed E-state index contributed by atoms with van der Waals surface area (Å²) in [5, 5.41) is 11.2. The summed E-state index contributed by atoms with van der Waals surface area (Å²) in [5.74, 6) is -2.01. The lowest BCUT2D eigenvalue weighted by molar-refractivity contribution is -0.140. The number of carbonyl (C=O) groups excluding carboxylic acids is 3. The molecule has 0 radical (unpaired) electrons. The second-order valence-corrected chi connectivity index (χ2v) is 5.53. The molecule has 1 heterocycles. The van der Waals surface area contributed by atoms with Crippen LogP contribution in [-0.2, 0) is 19.1 Å². The Hall–Kier alpha value is -2.12. The molecule has 1 aliphatic heterocycles. The molecule has 0 unspecified atom stereocenters. The molecule has 112 valence electrons. The number of ketones is 1. The Morgan fingerprint density at radius 2 is 2.00 bits per heavy atom. The molecule has 8 heteroatoms. The van der Waals surface area contributed by atoms with Crippen molar-refractivity contribution in [1.29, 1.82) is 0 Å². The van der Waals surface area contributed by atoms with E-state index in [1.54, 1.807) is 20.8 Å². The van der Waals surface area contributed by atoms with Crippen molar-refractivity contribution in [3.8, 4) is 0 Å². The molecule has 0 saturated carbocycles. The van der Waals surface area contributed by atoms with Crippen molar-refractivity contribution in [2.24, 2.45) is 0 Å². The number of likely N-dealkylation sites (tertiary alicyclic amines) is 1. The molecular formula is C12H18N2O6. The van der Waals surface area contributed by atoms with Gasteiger partial charge in [-0.25, -0.2) is 9.59 Å². The number of aliphatic carboxylic acids is 1. The molecule has 0 aromatic heterocycles. The summed E-state index contributed by atoms with van der Waals surface area (Å²) >= 11 is 0. The number of nitrogens with one attached hydrogen (secondary N) is 1. The van der Waals surface area contributed by atoms with Gasteiger partial charge < -0.3 is 20.1 Å². The first-order valence-corrected chi connectivity index (χ1v) is 6.10. The summed E-state index contributed by atoms with van der Waals surface area (Å²) in [4.78, 5) is 46.2. The van der Waals surface area contributed by atoms with Crippen molar-refractivity contribution < 1.29 is 29.0 Å². The molecule has 1 fully saturated rings. The maximum absolute atomic E-state index is 11.5. The number of hydrogen-bond donors (Lipinski definition) is 2. The Labute approximate surface area is 116 Å². The largest absolute Gasteiger partial charge is 0.480 e. The monoisotopic (exact) mass is 286 g/mol. The quantitative estimate of drug-likeness (QED) is 0.690. The Balaban J connectivity index is 2.62. The normalized spacial score (nSPS) is 17.1. The minimum absolute atomic E-state index is 0.126. The van der Waals surface area contributed by atoms with Crippen LogP contribution in [0, 0.1) is 0 Å².